The van der Waals surface area contributed by atoms with Gasteiger partial charge in [-0.2, -0.15) is 0 Å². The van der Waals surface area contributed by atoms with Gasteiger partial charge in [0.15, 0.2) is 0 Å². The Bertz CT molecular complexity index is 1260. The first kappa shape index (κ1) is 26.9. The molecule has 0 radical (unpaired) electrons. The molecule has 10 nitrogen and oxygen atoms in total. The number of carbonyl (C=O) groups excluding carboxylic acids is 3. The van der Waals surface area contributed by atoms with Crippen LogP contribution >= 0.6 is 11.6 Å². The van der Waals surface area contributed by atoms with Gasteiger partial charge in [-0.3, -0.25) is 9.69 Å². The fraction of sp³-hybridized carbons (Fsp3) is 0.538. The SMILES string of the molecule is COC(=O)[C@@H]1CC2(CCc3c(c(COC(C)=O)nc4ccc(CO)c(Cl)c34)O2)CN1C(=O)OC(C)(C)C. The molecule has 4 rings (SSSR count). The molecule has 2 aliphatic heterocycles. The zero-order valence-corrected chi connectivity index (χ0v) is 22.3. The van der Waals surface area contributed by atoms with Gasteiger partial charge in [0.1, 0.15) is 35.3 Å². The molecular formula is C26H31ClN2O8. The molecule has 1 aromatic carbocycles. The van der Waals surface area contributed by atoms with Gasteiger partial charge in [0, 0.05) is 24.3 Å². The van der Waals surface area contributed by atoms with Crippen molar-refractivity contribution in [1.29, 1.82) is 0 Å². The minimum Gasteiger partial charge on any atom is -0.483 e. The van der Waals surface area contributed by atoms with E-state index >= 15 is 0 Å². The number of carbonyl (C=O) groups is 3. The number of methoxy groups -OCH3 is 1. The molecule has 11 heteroatoms. The lowest BCUT2D eigenvalue weighted by atomic mass is 9.87. The fourth-order valence-corrected chi connectivity index (χ4v) is 5.24. The molecule has 200 valence electrons. The minimum atomic E-state index is -0.926. The van der Waals surface area contributed by atoms with E-state index in [0.717, 1.165) is 5.56 Å². The predicted octanol–water partition coefficient (Wildman–Crippen LogP) is 3.69. The van der Waals surface area contributed by atoms with Crippen molar-refractivity contribution in [3.05, 3.63) is 34.0 Å². The number of halogens is 1. The van der Waals surface area contributed by atoms with E-state index in [1.165, 1.54) is 18.9 Å². The van der Waals surface area contributed by atoms with Crippen molar-refractivity contribution in [3.63, 3.8) is 0 Å². The Labute approximate surface area is 219 Å². The molecule has 2 atom stereocenters. The van der Waals surface area contributed by atoms with Crippen LogP contribution in [0.15, 0.2) is 12.1 Å². The van der Waals surface area contributed by atoms with Crippen LogP contribution in [0.4, 0.5) is 4.79 Å². The molecule has 1 aromatic heterocycles. The molecule has 1 saturated heterocycles. The maximum absolute atomic E-state index is 13.0. The summed E-state index contributed by atoms with van der Waals surface area (Å²) in [5.41, 5.74) is 0.614. The Morgan fingerprint density at radius 3 is 2.65 bits per heavy atom. The van der Waals surface area contributed by atoms with Crippen LogP contribution in [0.3, 0.4) is 0 Å². The van der Waals surface area contributed by atoms with Crippen molar-refractivity contribution in [3.8, 4) is 5.75 Å². The van der Waals surface area contributed by atoms with Crippen LogP contribution in [0.25, 0.3) is 10.9 Å². The van der Waals surface area contributed by atoms with E-state index in [4.69, 9.17) is 30.5 Å². The Hall–Kier alpha value is -3.11. The van der Waals surface area contributed by atoms with E-state index in [9.17, 15) is 19.5 Å². The number of esters is 2. The van der Waals surface area contributed by atoms with Gasteiger partial charge in [-0.15, -0.1) is 0 Å². The number of benzene rings is 1. The van der Waals surface area contributed by atoms with E-state index in [2.05, 4.69) is 4.98 Å². The Balaban J connectivity index is 1.78. The van der Waals surface area contributed by atoms with E-state index in [-0.39, 0.29) is 26.2 Å². The average Bonchev–Trinajstić information content (AvgIpc) is 3.20. The zero-order chi connectivity index (χ0) is 27.1. The third kappa shape index (κ3) is 5.31. The number of hydrogen-bond acceptors (Lipinski definition) is 9. The zero-order valence-electron chi connectivity index (χ0n) is 21.6. The smallest absolute Gasteiger partial charge is 0.411 e. The van der Waals surface area contributed by atoms with Gasteiger partial charge in [0.25, 0.3) is 0 Å². The number of fused-ring (bicyclic) bond motifs is 3. The van der Waals surface area contributed by atoms with E-state index < -0.39 is 35.3 Å². The molecule has 1 N–H and O–H groups in total. The van der Waals surface area contributed by atoms with Crippen molar-refractivity contribution >= 4 is 40.5 Å². The van der Waals surface area contributed by atoms with Gasteiger partial charge in [0.2, 0.25) is 0 Å². The van der Waals surface area contributed by atoms with Crippen LogP contribution in [0.2, 0.25) is 5.02 Å². The summed E-state index contributed by atoms with van der Waals surface area (Å²) in [6.45, 7) is 6.28. The Morgan fingerprint density at radius 1 is 1.30 bits per heavy atom. The number of aromatic nitrogens is 1. The molecule has 1 amide bonds. The Morgan fingerprint density at radius 2 is 2.03 bits per heavy atom. The minimum absolute atomic E-state index is 0.0938. The normalized spacial score (nSPS) is 20.9. The number of aliphatic hydroxyl groups is 1. The molecule has 1 fully saturated rings. The lowest BCUT2D eigenvalue weighted by molar-refractivity contribution is -0.146. The highest BCUT2D eigenvalue weighted by Gasteiger charge is 2.53. The third-order valence-electron chi connectivity index (χ3n) is 6.53. The number of aliphatic hydroxyl groups excluding tert-OH is 1. The summed E-state index contributed by atoms with van der Waals surface area (Å²) in [4.78, 5) is 43.3. The summed E-state index contributed by atoms with van der Waals surface area (Å²) in [5, 5.41) is 10.7. The van der Waals surface area contributed by atoms with Crippen molar-refractivity contribution < 1.29 is 38.4 Å². The summed E-state index contributed by atoms with van der Waals surface area (Å²) < 4.78 is 22.4. The topological polar surface area (TPSA) is 124 Å². The molecular weight excluding hydrogens is 504 g/mol. The standard InChI is InChI=1S/C26H31ClN2O8/c1-14(31)35-12-18-22-16(20-17(28-18)7-6-15(11-30)21(20)27)8-9-26(36-22)10-19(23(32)34-5)29(13-26)24(33)37-25(2,3)4/h6-7,19,30H,8-13H2,1-5H3/t19-,26?/m0/s1. The second kappa shape index (κ2) is 9.98. The van der Waals surface area contributed by atoms with Crippen LogP contribution in [0.1, 0.15) is 57.4 Å². The van der Waals surface area contributed by atoms with Crippen LogP contribution in [-0.2, 0) is 43.4 Å². The number of likely N-dealkylation sites (tertiary alicyclic amines) is 1. The van der Waals surface area contributed by atoms with Crippen molar-refractivity contribution in [2.75, 3.05) is 13.7 Å². The third-order valence-corrected chi connectivity index (χ3v) is 6.96. The number of aryl methyl sites for hydroxylation is 1. The Kier molecular flexibility index (Phi) is 7.27. The van der Waals surface area contributed by atoms with Crippen LogP contribution in [0, 0.1) is 0 Å². The van der Waals surface area contributed by atoms with Gasteiger partial charge < -0.3 is 24.1 Å². The second-order valence-electron chi connectivity index (χ2n) is 10.4. The number of nitrogens with zero attached hydrogens (tertiary/aromatic N) is 2. The second-order valence-corrected chi connectivity index (χ2v) is 10.8. The predicted molar refractivity (Wildman–Crippen MR) is 133 cm³/mol. The number of rotatable bonds is 4. The van der Waals surface area contributed by atoms with Crippen molar-refractivity contribution in [2.24, 2.45) is 0 Å². The number of pyridine rings is 1. The van der Waals surface area contributed by atoms with E-state index in [1.807, 2.05) is 0 Å². The van der Waals surface area contributed by atoms with Gasteiger partial charge >= 0.3 is 18.0 Å². The van der Waals surface area contributed by atoms with Gasteiger partial charge in [-0.05, 0) is 45.2 Å². The lowest BCUT2D eigenvalue weighted by Gasteiger charge is -2.37. The van der Waals surface area contributed by atoms with E-state index in [0.29, 0.717) is 45.8 Å². The molecule has 1 spiro atoms. The molecule has 0 bridgehead atoms. The molecule has 3 heterocycles. The van der Waals surface area contributed by atoms with Crippen molar-refractivity contribution in [1.82, 2.24) is 9.88 Å². The largest absolute Gasteiger partial charge is 0.483 e. The quantitative estimate of drug-likeness (QED) is 0.461. The number of hydrogen-bond donors (Lipinski definition) is 1. The fourth-order valence-electron chi connectivity index (χ4n) is 4.90. The molecule has 2 aliphatic rings. The summed E-state index contributed by atoms with van der Waals surface area (Å²) in [7, 11) is 1.27. The summed E-state index contributed by atoms with van der Waals surface area (Å²) in [5.74, 6) is -0.645. The van der Waals surface area contributed by atoms with Gasteiger partial charge in [-0.1, -0.05) is 17.7 Å². The molecule has 0 saturated carbocycles. The molecule has 2 aromatic rings. The van der Waals surface area contributed by atoms with Crippen LogP contribution in [-0.4, -0.2) is 63.9 Å². The number of amides is 1. The summed E-state index contributed by atoms with van der Waals surface area (Å²) in [6.07, 6.45) is 0.514. The summed E-state index contributed by atoms with van der Waals surface area (Å²) >= 11 is 6.65. The van der Waals surface area contributed by atoms with Gasteiger partial charge in [-0.25, -0.2) is 14.6 Å². The maximum atomic E-state index is 13.0. The highest BCUT2D eigenvalue weighted by atomic mass is 35.5. The summed E-state index contributed by atoms with van der Waals surface area (Å²) in [6, 6.07) is 2.56. The molecule has 0 aliphatic carbocycles. The molecule has 37 heavy (non-hydrogen) atoms. The maximum Gasteiger partial charge on any atom is 0.411 e. The first-order valence-corrected chi connectivity index (χ1v) is 12.4. The van der Waals surface area contributed by atoms with Crippen LogP contribution < -0.4 is 4.74 Å². The first-order chi connectivity index (χ1) is 17.4. The van der Waals surface area contributed by atoms with Gasteiger partial charge in [0.05, 0.1) is 30.8 Å². The lowest BCUT2D eigenvalue weighted by Crippen LogP contribution is -2.46. The highest BCUT2D eigenvalue weighted by Crippen LogP contribution is 2.46. The highest BCUT2D eigenvalue weighted by molar-refractivity contribution is 6.36. The average molecular weight is 535 g/mol. The van der Waals surface area contributed by atoms with Crippen LogP contribution in [0.5, 0.6) is 5.75 Å². The number of ether oxygens (including phenoxy) is 4. The van der Waals surface area contributed by atoms with Crippen molar-refractivity contribution in [2.45, 2.75) is 77.4 Å². The van der Waals surface area contributed by atoms with E-state index in [1.54, 1.807) is 32.9 Å². The first-order valence-electron chi connectivity index (χ1n) is 12.0. The monoisotopic (exact) mass is 534 g/mol. The molecule has 1 unspecified atom stereocenters.